The Hall–Kier alpha value is -2.88. The highest BCUT2D eigenvalue weighted by Gasteiger charge is 2.36. The van der Waals surface area contributed by atoms with Gasteiger partial charge < -0.3 is 9.84 Å². The van der Waals surface area contributed by atoms with Crippen LogP contribution in [0.4, 0.5) is 10.5 Å². The molecule has 4 amide bonds. The maximum absolute atomic E-state index is 12.9. The number of hydrogen-bond acceptors (Lipinski definition) is 5. The van der Waals surface area contributed by atoms with Crippen LogP contribution in [0.15, 0.2) is 42.0 Å². The summed E-state index contributed by atoms with van der Waals surface area (Å²) in [4.78, 5) is 38.3. The molecule has 0 atom stereocenters. The van der Waals surface area contributed by atoms with Crippen LogP contribution in [0.25, 0.3) is 6.08 Å². The first kappa shape index (κ1) is 19.9. The Morgan fingerprint density at radius 1 is 1.18 bits per heavy atom. The van der Waals surface area contributed by atoms with Crippen molar-refractivity contribution in [2.24, 2.45) is 0 Å². The first-order valence-electron chi connectivity index (χ1n) is 8.45. The molecule has 2 N–H and O–H groups in total. The van der Waals surface area contributed by atoms with Crippen LogP contribution in [0.2, 0.25) is 0 Å². The number of halogens is 1. The lowest BCUT2D eigenvalue weighted by Gasteiger charge is -2.26. The van der Waals surface area contributed by atoms with Gasteiger partial charge in [-0.2, -0.15) is 0 Å². The minimum absolute atomic E-state index is 0.0134. The fraction of sp³-hybridized carbons (Fsp3) is 0.150. The number of aryl methyl sites for hydroxylation is 1. The summed E-state index contributed by atoms with van der Waals surface area (Å²) >= 11 is 1.93. The van der Waals surface area contributed by atoms with Gasteiger partial charge in [-0.3, -0.25) is 14.9 Å². The highest BCUT2D eigenvalue weighted by molar-refractivity contribution is 14.1. The van der Waals surface area contributed by atoms with Gasteiger partial charge in [0.25, 0.3) is 11.8 Å². The molecule has 0 unspecified atom stereocenters. The molecule has 1 aliphatic heterocycles. The number of benzene rings is 2. The minimum Gasteiger partial charge on any atom is -0.504 e. The number of urea groups is 1. The van der Waals surface area contributed by atoms with Crippen molar-refractivity contribution < 1.29 is 24.2 Å². The first-order chi connectivity index (χ1) is 13.3. The molecular formula is C20H17IN2O5. The zero-order valence-electron chi connectivity index (χ0n) is 15.2. The van der Waals surface area contributed by atoms with Crippen LogP contribution in [0, 0.1) is 10.5 Å². The van der Waals surface area contributed by atoms with E-state index in [9.17, 15) is 19.5 Å². The van der Waals surface area contributed by atoms with Crippen LogP contribution in [-0.4, -0.2) is 29.6 Å². The third-order valence-electron chi connectivity index (χ3n) is 4.06. The standard InChI is InChI=1S/C20H17IN2O5/c1-3-28-16-10-12(9-15(21)17(16)24)8-14-18(25)22-20(27)23(19(14)26)13-6-4-11(2)5-7-13/h4-10,24H,3H2,1-2H3,(H,22,25,27). The molecule has 2 aromatic carbocycles. The molecule has 1 heterocycles. The number of aromatic hydroxyl groups is 1. The summed E-state index contributed by atoms with van der Waals surface area (Å²) in [6, 6.07) is 9.15. The van der Waals surface area contributed by atoms with E-state index < -0.39 is 17.8 Å². The molecule has 1 fully saturated rings. The number of ether oxygens (including phenoxy) is 1. The number of carbonyl (C=O) groups excluding carboxylic acids is 3. The number of phenols is 1. The molecule has 1 saturated heterocycles. The van der Waals surface area contributed by atoms with E-state index in [1.165, 1.54) is 12.1 Å². The summed E-state index contributed by atoms with van der Waals surface area (Å²) in [7, 11) is 0. The number of imide groups is 2. The SMILES string of the molecule is CCOc1cc(C=C2C(=O)NC(=O)N(c3ccc(C)cc3)C2=O)cc(I)c1O. The number of anilines is 1. The van der Waals surface area contributed by atoms with Crippen LogP contribution < -0.4 is 15.0 Å². The molecule has 144 valence electrons. The van der Waals surface area contributed by atoms with E-state index in [4.69, 9.17) is 4.74 Å². The Morgan fingerprint density at radius 3 is 2.50 bits per heavy atom. The molecule has 1 aliphatic rings. The lowest BCUT2D eigenvalue weighted by molar-refractivity contribution is -0.122. The summed E-state index contributed by atoms with van der Waals surface area (Å²) in [5.41, 5.74) is 1.64. The topological polar surface area (TPSA) is 95.9 Å². The Kier molecular flexibility index (Phi) is 5.68. The number of nitrogens with zero attached hydrogens (tertiary/aromatic N) is 1. The van der Waals surface area contributed by atoms with Gasteiger partial charge in [0.2, 0.25) is 0 Å². The van der Waals surface area contributed by atoms with Gasteiger partial charge in [-0.1, -0.05) is 17.7 Å². The van der Waals surface area contributed by atoms with Crippen LogP contribution in [-0.2, 0) is 9.59 Å². The minimum atomic E-state index is -0.800. The molecule has 0 aromatic heterocycles. The second kappa shape index (κ2) is 8.01. The van der Waals surface area contributed by atoms with E-state index in [-0.39, 0.29) is 17.1 Å². The van der Waals surface area contributed by atoms with E-state index in [2.05, 4.69) is 5.32 Å². The second-order valence-electron chi connectivity index (χ2n) is 6.08. The van der Waals surface area contributed by atoms with Crippen molar-refractivity contribution in [3.8, 4) is 11.5 Å². The first-order valence-corrected chi connectivity index (χ1v) is 9.53. The molecule has 3 rings (SSSR count). The Labute approximate surface area is 175 Å². The van der Waals surface area contributed by atoms with Crippen LogP contribution in [0.5, 0.6) is 11.5 Å². The van der Waals surface area contributed by atoms with Crippen LogP contribution in [0.1, 0.15) is 18.1 Å². The zero-order valence-corrected chi connectivity index (χ0v) is 17.3. The summed E-state index contributed by atoms with van der Waals surface area (Å²) in [6.45, 7) is 4.01. The predicted octanol–water partition coefficient (Wildman–Crippen LogP) is 3.37. The average Bonchev–Trinajstić information content (AvgIpc) is 2.64. The molecule has 0 aliphatic carbocycles. The van der Waals surface area contributed by atoms with Crippen molar-refractivity contribution >= 4 is 52.2 Å². The largest absolute Gasteiger partial charge is 0.504 e. The number of phenolic OH excluding ortho intramolecular Hbond substituents is 1. The van der Waals surface area contributed by atoms with Crippen LogP contribution >= 0.6 is 22.6 Å². The number of rotatable bonds is 4. The molecule has 28 heavy (non-hydrogen) atoms. The number of carbonyl (C=O) groups is 3. The molecule has 0 saturated carbocycles. The lowest BCUT2D eigenvalue weighted by Crippen LogP contribution is -2.54. The number of nitrogens with one attached hydrogen (secondary N) is 1. The van der Waals surface area contributed by atoms with E-state index in [1.807, 2.05) is 29.5 Å². The van der Waals surface area contributed by atoms with Gasteiger partial charge >= 0.3 is 6.03 Å². The monoisotopic (exact) mass is 492 g/mol. The maximum atomic E-state index is 12.9. The van der Waals surface area contributed by atoms with Crippen molar-refractivity contribution in [2.75, 3.05) is 11.5 Å². The van der Waals surface area contributed by atoms with Gasteiger partial charge in [0, 0.05) is 0 Å². The van der Waals surface area contributed by atoms with E-state index >= 15 is 0 Å². The fourth-order valence-corrected chi connectivity index (χ4v) is 3.32. The summed E-state index contributed by atoms with van der Waals surface area (Å²) in [6.07, 6.45) is 1.37. The summed E-state index contributed by atoms with van der Waals surface area (Å²) in [5.74, 6) is -1.27. The molecule has 0 spiro atoms. The Balaban J connectivity index is 2.03. The van der Waals surface area contributed by atoms with Gasteiger partial charge in [0.15, 0.2) is 11.5 Å². The van der Waals surface area contributed by atoms with Crippen molar-refractivity contribution in [1.29, 1.82) is 0 Å². The predicted molar refractivity (Wildman–Crippen MR) is 112 cm³/mol. The van der Waals surface area contributed by atoms with Crippen molar-refractivity contribution in [2.45, 2.75) is 13.8 Å². The molecule has 8 heteroatoms. The van der Waals surface area contributed by atoms with Crippen LogP contribution in [0.3, 0.4) is 0 Å². The van der Waals surface area contributed by atoms with Crippen molar-refractivity contribution in [3.63, 3.8) is 0 Å². The summed E-state index contributed by atoms with van der Waals surface area (Å²) in [5, 5.41) is 12.2. The van der Waals surface area contributed by atoms with Gasteiger partial charge in [-0.25, -0.2) is 9.69 Å². The average molecular weight is 492 g/mol. The normalized spacial score (nSPS) is 15.8. The number of hydrogen-bond donors (Lipinski definition) is 2. The van der Waals surface area contributed by atoms with Crippen molar-refractivity contribution in [3.05, 3.63) is 56.7 Å². The van der Waals surface area contributed by atoms with Gasteiger partial charge in [-0.15, -0.1) is 0 Å². The van der Waals surface area contributed by atoms with E-state index in [0.29, 0.717) is 21.4 Å². The lowest BCUT2D eigenvalue weighted by atomic mass is 10.1. The highest BCUT2D eigenvalue weighted by atomic mass is 127. The second-order valence-corrected chi connectivity index (χ2v) is 7.24. The molecule has 7 nitrogen and oxygen atoms in total. The third kappa shape index (κ3) is 3.86. The van der Waals surface area contributed by atoms with Gasteiger partial charge in [0.05, 0.1) is 15.9 Å². The quantitative estimate of drug-likeness (QED) is 0.388. The molecular weight excluding hydrogens is 475 g/mol. The Bertz CT molecular complexity index is 998. The molecule has 2 aromatic rings. The van der Waals surface area contributed by atoms with E-state index in [1.54, 1.807) is 37.3 Å². The highest BCUT2D eigenvalue weighted by Crippen LogP contribution is 2.34. The third-order valence-corrected chi connectivity index (χ3v) is 4.88. The van der Waals surface area contributed by atoms with E-state index in [0.717, 1.165) is 10.5 Å². The number of barbiturate groups is 1. The maximum Gasteiger partial charge on any atom is 0.335 e. The smallest absolute Gasteiger partial charge is 0.335 e. The van der Waals surface area contributed by atoms with Gasteiger partial charge in [0.1, 0.15) is 5.57 Å². The number of amides is 4. The summed E-state index contributed by atoms with van der Waals surface area (Å²) < 4.78 is 5.89. The Morgan fingerprint density at radius 2 is 1.86 bits per heavy atom. The molecule has 0 bridgehead atoms. The zero-order chi connectivity index (χ0) is 20.4. The van der Waals surface area contributed by atoms with Gasteiger partial charge in [-0.05, 0) is 72.3 Å². The van der Waals surface area contributed by atoms with Crippen molar-refractivity contribution in [1.82, 2.24) is 5.32 Å². The molecule has 0 radical (unpaired) electrons. The fourth-order valence-electron chi connectivity index (χ4n) is 2.70.